The molecule has 4 rings (SSSR count). The highest BCUT2D eigenvalue weighted by molar-refractivity contribution is 5.15. The van der Waals surface area contributed by atoms with Gasteiger partial charge in [-0.2, -0.15) is 0 Å². The van der Waals surface area contributed by atoms with E-state index in [1.807, 2.05) is 12.3 Å². The number of likely N-dealkylation sites (tertiary alicyclic amines) is 2. The monoisotopic (exact) mass is 392 g/mol. The van der Waals surface area contributed by atoms with Crippen molar-refractivity contribution in [3.8, 4) is 0 Å². The lowest BCUT2D eigenvalue weighted by molar-refractivity contribution is 0.0526. The predicted molar refractivity (Wildman–Crippen MR) is 120 cm³/mol. The minimum Gasteiger partial charge on any atom is -0.301 e. The van der Waals surface area contributed by atoms with Crippen molar-refractivity contribution < 1.29 is 0 Å². The maximum absolute atomic E-state index is 4.49. The molecule has 29 heavy (non-hydrogen) atoms. The van der Waals surface area contributed by atoms with Gasteiger partial charge in [-0.25, -0.2) is 0 Å². The number of rotatable bonds is 7. The molecule has 2 aliphatic rings. The summed E-state index contributed by atoms with van der Waals surface area (Å²) in [5, 5.41) is 0. The van der Waals surface area contributed by atoms with Gasteiger partial charge in [0.05, 0.1) is 5.69 Å². The molecule has 0 spiro atoms. The second-order valence-electron chi connectivity index (χ2n) is 8.83. The Hall–Kier alpha value is -1.75. The summed E-state index contributed by atoms with van der Waals surface area (Å²) in [5.74, 6) is 0. The minimum atomic E-state index is 0.715. The Morgan fingerprint density at radius 1 is 0.897 bits per heavy atom. The highest BCUT2D eigenvalue weighted by atomic mass is 15.2. The van der Waals surface area contributed by atoms with Crippen LogP contribution in [0.1, 0.15) is 36.9 Å². The van der Waals surface area contributed by atoms with Crippen molar-refractivity contribution in [1.29, 1.82) is 0 Å². The molecule has 4 nitrogen and oxygen atoms in total. The van der Waals surface area contributed by atoms with Crippen LogP contribution in [0.15, 0.2) is 54.7 Å². The third-order valence-electron chi connectivity index (χ3n) is 6.86. The molecule has 1 aromatic heterocycles. The number of benzene rings is 1. The zero-order valence-corrected chi connectivity index (χ0v) is 17.9. The van der Waals surface area contributed by atoms with E-state index < -0.39 is 0 Å². The molecule has 4 heteroatoms. The first-order chi connectivity index (χ1) is 14.3. The molecule has 0 aliphatic carbocycles. The molecule has 2 fully saturated rings. The quantitative estimate of drug-likeness (QED) is 0.717. The van der Waals surface area contributed by atoms with Gasteiger partial charge in [0.1, 0.15) is 0 Å². The van der Waals surface area contributed by atoms with Gasteiger partial charge in [0.15, 0.2) is 0 Å². The van der Waals surface area contributed by atoms with Gasteiger partial charge in [0.25, 0.3) is 0 Å². The first kappa shape index (κ1) is 20.5. The molecular weight excluding hydrogens is 356 g/mol. The summed E-state index contributed by atoms with van der Waals surface area (Å²) in [5.41, 5.74) is 2.66. The van der Waals surface area contributed by atoms with Gasteiger partial charge >= 0.3 is 0 Å². The zero-order chi connectivity index (χ0) is 19.9. The number of piperidine rings is 2. The first-order valence-corrected chi connectivity index (χ1v) is 11.4. The highest BCUT2D eigenvalue weighted by Crippen LogP contribution is 2.23. The molecule has 0 unspecified atom stereocenters. The summed E-state index contributed by atoms with van der Waals surface area (Å²) < 4.78 is 0. The van der Waals surface area contributed by atoms with Crippen molar-refractivity contribution in [2.45, 2.75) is 50.7 Å². The molecule has 0 saturated carbocycles. The minimum absolute atomic E-state index is 0.715. The van der Waals surface area contributed by atoms with Gasteiger partial charge in [-0.05, 0) is 63.4 Å². The van der Waals surface area contributed by atoms with Crippen LogP contribution in [0, 0.1) is 0 Å². The summed E-state index contributed by atoms with van der Waals surface area (Å²) in [7, 11) is 2.38. The van der Waals surface area contributed by atoms with E-state index in [-0.39, 0.29) is 0 Å². The number of pyridine rings is 1. The van der Waals surface area contributed by atoms with Gasteiger partial charge in [0, 0.05) is 51.0 Å². The summed E-state index contributed by atoms with van der Waals surface area (Å²) in [6.45, 7) is 7.06. The molecule has 2 saturated heterocycles. The second-order valence-corrected chi connectivity index (χ2v) is 8.83. The van der Waals surface area contributed by atoms with Crippen LogP contribution in [0.2, 0.25) is 0 Å². The third kappa shape index (κ3) is 5.88. The van der Waals surface area contributed by atoms with Crippen molar-refractivity contribution >= 4 is 0 Å². The fraction of sp³-hybridized carbons (Fsp3) is 0.560. The molecule has 1 atom stereocenters. The molecule has 0 amide bonds. The molecular formula is C25H36N4. The zero-order valence-electron chi connectivity index (χ0n) is 17.9. The molecule has 3 heterocycles. The van der Waals surface area contributed by atoms with Crippen molar-refractivity contribution in [1.82, 2.24) is 19.7 Å². The second kappa shape index (κ2) is 10.3. The SMILES string of the molecule is CN(C1CCN(Cc2ccccn2)CC1)[C@@H]1CCCN(CCc2ccccc2)C1. The Kier molecular flexibility index (Phi) is 7.31. The van der Waals surface area contributed by atoms with E-state index in [2.05, 4.69) is 69.2 Å². The van der Waals surface area contributed by atoms with Gasteiger partial charge < -0.3 is 4.90 Å². The third-order valence-corrected chi connectivity index (χ3v) is 6.86. The van der Waals surface area contributed by atoms with Gasteiger partial charge in [-0.3, -0.25) is 14.8 Å². The topological polar surface area (TPSA) is 22.6 Å². The van der Waals surface area contributed by atoms with Crippen LogP contribution in [0.3, 0.4) is 0 Å². The van der Waals surface area contributed by atoms with Crippen LogP contribution in [0.4, 0.5) is 0 Å². The molecule has 1 aromatic carbocycles. The molecule has 0 bridgehead atoms. The summed E-state index contributed by atoms with van der Waals surface area (Å²) in [4.78, 5) is 12.5. The number of aromatic nitrogens is 1. The Labute approximate surface area is 176 Å². The summed E-state index contributed by atoms with van der Waals surface area (Å²) >= 11 is 0. The van der Waals surface area contributed by atoms with Crippen molar-refractivity contribution in [3.63, 3.8) is 0 Å². The van der Waals surface area contributed by atoms with E-state index in [1.54, 1.807) is 0 Å². The van der Waals surface area contributed by atoms with E-state index in [0.29, 0.717) is 6.04 Å². The lowest BCUT2D eigenvalue weighted by Crippen LogP contribution is -2.52. The van der Waals surface area contributed by atoms with Crippen LogP contribution >= 0.6 is 0 Å². The molecule has 2 aliphatic heterocycles. The first-order valence-electron chi connectivity index (χ1n) is 11.4. The van der Waals surface area contributed by atoms with Crippen molar-refractivity contribution in [2.24, 2.45) is 0 Å². The van der Waals surface area contributed by atoms with Crippen LogP contribution in [0.5, 0.6) is 0 Å². The van der Waals surface area contributed by atoms with E-state index in [9.17, 15) is 0 Å². The number of hydrogen-bond acceptors (Lipinski definition) is 4. The van der Waals surface area contributed by atoms with Gasteiger partial charge in [0.2, 0.25) is 0 Å². The lowest BCUT2D eigenvalue weighted by atomic mass is 9.97. The van der Waals surface area contributed by atoms with E-state index in [1.165, 1.54) is 76.1 Å². The molecule has 0 radical (unpaired) electrons. The fourth-order valence-electron chi connectivity index (χ4n) is 5.00. The Morgan fingerprint density at radius 3 is 2.45 bits per heavy atom. The summed E-state index contributed by atoms with van der Waals surface area (Å²) in [6, 6.07) is 18.6. The molecule has 156 valence electrons. The molecule has 2 aromatic rings. The molecule has 0 N–H and O–H groups in total. The van der Waals surface area contributed by atoms with Crippen molar-refractivity contribution in [2.75, 3.05) is 39.8 Å². The Morgan fingerprint density at radius 2 is 1.69 bits per heavy atom. The van der Waals surface area contributed by atoms with E-state index in [0.717, 1.165) is 12.6 Å². The van der Waals surface area contributed by atoms with E-state index in [4.69, 9.17) is 0 Å². The van der Waals surface area contributed by atoms with Gasteiger partial charge in [-0.15, -0.1) is 0 Å². The van der Waals surface area contributed by atoms with Crippen LogP contribution in [-0.4, -0.2) is 71.5 Å². The predicted octanol–water partition coefficient (Wildman–Crippen LogP) is 3.68. The summed E-state index contributed by atoms with van der Waals surface area (Å²) in [6.07, 6.45) is 8.33. The average Bonchev–Trinajstić information content (AvgIpc) is 2.79. The van der Waals surface area contributed by atoms with Crippen LogP contribution in [-0.2, 0) is 13.0 Å². The number of hydrogen-bond donors (Lipinski definition) is 0. The average molecular weight is 393 g/mol. The normalized spacial score (nSPS) is 22.2. The van der Waals surface area contributed by atoms with E-state index >= 15 is 0 Å². The van der Waals surface area contributed by atoms with Gasteiger partial charge in [-0.1, -0.05) is 36.4 Å². The van der Waals surface area contributed by atoms with Crippen LogP contribution in [0.25, 0.3) is 0 Å². The standard InChI is InChI=1S/C25H36N4/c1-27(24-13-18-29(19-14-24)20-23-10-5-6-15-26-23)25-11-7-16-28(21-25)17-12-22-8-3-2-4-9-22/h2-6,8-10,15,24-25H,7,11-14,16-21H2,1H3/t25-/m1/s1. The highest BCUT2D eigenvalue weighted by Gasteiger charge is 2.29. The smallest absolute Gasteiger partial charge is 0.0543 e. The van der Waals surface area contributed by atoms with Crippen LogP contribution < -0.4 is 0 Å². The lowest BCUT2D eigenvalue weighted by Gasteiger charge is -2.44. The Bertz CT molecular complexity index is 712. The maximum Gasteiger partial charge on any atom is 0.0543 e. The van der Waals surface area contributed by atoms with Crippen molar-refractivity contribution in [3.05, 3.63) is 66.0 Å². The maximum atomic E-state index is 4.49. The number of likely N-dealkylation sites (N-methyl/N-ethyl adjacent to an activating group) is 1. The Balaban J connectivity index is 1.22. The number of nitrogens with zero attached hydrogens (tertiary/aromatic N) is 4. The largest absolute Gasteiger partial charge is 0.301 e. The fourth-order valence-corrected chi connectivity index (χ4v) is 5.00.